The molecule has 2 aromatic heterocycles. The third-order valence-electron chi connectivity index (χ3n) is 4.68. The Bertz CT molecular complexity index is 1080. The molecule has 7 nitrogen and oxygen atoms in total. The number of nitrogens with two attached hydrogens (primary N) is 1. The fourth-order valence-corrected chi connectivity index (χ4v) is 3.25. The molecule has 9 heteroatoms. The molecule has 0 radical (unpaired) electrons. The van der Waals surface area contributed by atoms with Crippen molar-refractivity contribution in [3.63, 3.8) is 0 Å². The van der Waals surface area contributed by atoms with E-state index in [0.717, 1.165) is 4.90 Å². The summed E-state index contributed by atoms with van der Waals surface area (Å²) in [6, 6.07) is 7.05. The Kier molecular flexibility index (Phi) is 4.14. The lowest BCUT2D eigenvalue weighted by Crippen LogP contribution is -2.41. The predicted molar refractivity (Wildman–Crippen MR) is 96.1 cm³/mol. The van der Waals surface area contributed by atoms with Crippen LogP contribution in [0.2, 0.25) is 0 Å². The number of amides is 1. The maximum atomic E-state index is 15.0. The molecule has 1 unspecified atom stereocenters. The standard InChI is InChI=1S/C19H15F2N5O2/c1-26-17(27)19(25-18(26)22,12-4-5-24-13(7-12)8-20)14-6-11(2-3-15(14)21)16-9-23-10-28-16/h2-7,9-10H,8H2,1H3,(H2,22,25). The van der Waals surface area contributed by atoms with E-state index in [1.807, 2.05) is 0 Å². The Morgan fingerprint density at radius 3 is 2.75 bits per heavy atom. The van der Waals surface area contributed by atoms with Gasteiger partial charge in [0.1, 0.15) is 12.5 Å². The molecule has 0 bridgehead atoms. The molecule has 1 amide bonds. The number of guanidine groups is 1. The first-order chi connectivity index (χ1) is 13.5. The van der Waals surface area contributed by atoms with Crippen molar-refractivity contribution in [1.29, 1.82) is 0 Å². The van der Waals surface area contributed by atoms with Crippen LogP contribution in [0.5, 0.6) is 0 Å². The molecule has 3 aromatic rings. The number of likely N-dealkylation sites (N-methyl/N-ethyl adjacent to an activating group) is 1. The van der Waals surface area contributed by atoms with Crippen LogP contribution in [0.15, 0.2) is 58.5 Å². The monoisotopic (exact) mass is 383 g/mol. The number of halogens is 2. The fourth-order valence-electron chi connectivity index (χ4n) is 3.25. The fraction of sp³-hybridized carbons (Fsp3) is 0.158. The molecule has 1 aromatic carbocycles. The zero-order valence-electron chi connectivity index (χ0n) is 14.8. The van der Waals surface area contributed by atoms with Crippen LogP contribution in [0, 0.1) is 5.82 Å². The number of aromatic nitrogens is 2. The average molecular weight is 383 g/mol. The quantitative estimate of drug-likeness (QED) is 0.746. The maximum absolute atomic E-state index is 15.0. The highest BCUT2D eigenvalue weighted by atomic mass is 19.1. The van der Waals surface area contributed by atoms with Gasteiger partial charge in [-0.25, -0.2) is 18.8 Å². The minimum atomic E-state index is -1.80. The van der Waals surface area contributed by atoms with Crippen molar-refractivity contribution in [1.82, 2.24) is 14.9 Å². The summed E-state index contributed by atoms with van der Waals surface area (Å²) in [6.45, 7) is -0.840. The summed E-state index contributed by atoms with van der Waals surface area (Å²) in [7, 11) is 1.44. The van der Waals surface area contributed by atoms with Gasteiger partial charge in [-0.3, -0.25) is 14.7 Å². The summed E-state index contributed by atoms with van der Waals surface area (Å²) < 4.78 is 33.4. The smallest absolute Gasteiger partial charge is 0.266 e. The van der Waals surface area contributed by atoms with Gasteiger partial charge in [0, 0.05) is 24.4 Å². The van der Waals surface area contributed by atoms with E-state index in [9.17, 15) is 13.6 Å². The molecule has 0 aliphatic carbocycles. The van der Waals surface area contributed by atoms with Gasteiger partial charge in [0.05, 0.1) is 11.9 Å². The third kappa shape index (κ3) is 2.55. The number of oxazole rings is 1. The van der Waals surface area contributed by atoms with E-state index in [4.69, 9.17) is 10.2 Å². The molecule has 4 rings (SSSR count). The number of aliphatic imine (C=N–C) groups is 1. The van der Waals surface area contributed by atoms with Crippen LogP contribution in [0.1, 0.15) is 16.8 Å². The molecular formula is C19H15F2N5O2. The highest BCUT2D eigenvalue weighted by Gasteiger charge is 2.51. The summed E-state index contributed by atoms with van der Waals surface area (Å²) in [5, 5.41) is 0. The van der Waals surface area contributed by atoms with Crippen molar-refractivity contribution in [3.8, 4) is 11.3 Å². The molecule has 1 atom stereocenters. The largest absolute Gasteiger partial charge is 0.444 e. The highest BCUT2D eigenvalue weighted by molar-refractivity contribution is 6.09. The van der Waals surface area contributed by atoms with Crippen LogP contribution in [0.4, 0.5) is 8.78 Å². The van der Waals surface area contributed by atoms with E-state index in [-0.39, 0.29) is 22.8 Å². The Labute approximate surface area is 158 Å². The van der Waals surface area contributed by atoms with E-state index in [2.05, 4.69) is 15.0 Å². The minimum absolute atomic E-state index is 0.0327. The lowest BCUT2D eigenvalue weighted by atomic mass is 9.81. The molecule has 0 saturated heterocycles. The molecule has 1 aliphatic rings. The Hall–Kier alpha value is -3.62. The lowest BCUT2D eigenvalue weighted by Gasteiger charge is -2.27. The van der Waals surface area contributed by atoms with Crippen molar-refractivity contribution in [2.45, 2.75) is 12.2 Å². The van der Waals surface area contributed by atoms with Crippen LogP contribution in [-0.4, -0.2) is 33.8 Å². The summed E-state index contributed by atoms with van der Waals surface area (Å²) in [5.41, 5.74) is 4.92. The molecule has 1 aliphatic heterocycles. The SMILES string of the molecule is CN1C(=O)C(c2ccnc(CF)c2)(c2cc(-c3cnco3)ccc2F)N=C1N. The molecule has 0 spiro atoms. The second-order valence-electron chi connectivity index (χ2n) is 6.27. The first kappa shape index (κ1) is 17.8. The lowest BCUT2D eigenvalue weighted by molar-refractivity contribution is -0.129. The predicted octanol–water partition coefficient (Wildman–Crippen LogP) is 2.38. The van der Waals surface area contributed by atoms with E-state index in [1.54, 1.807) is 0 Å². The second kappa shape index (κ2) is 6.52. The Morgan fingerprint density at radius 2 is 2.11 bits per heavy atom. The first-order valence-electron chi connectivity index (χ1n) is 8.31. The molecule has 142 valence electrons. The van der Waals surface area contributed by atoms with Gasteiger partial charge >= 0.3 is 0 Å². The summed E-state index contributed by atoms with van der Waals surface area (Å²) in [5.74, 6) is -0.906. The zero-order chi connectivity index (χ0) is 19.9. The van der Waals surface area contributed by atoms with Crippen LogP contribution in [-0.2, 0) is 17.0 Å². The number of nitrogens with zero attached hydrogens (tertiary/aromatic N) is 4. The zero-order valence-corrected chi connectivity index (χ0v) is 14.8. The first-order valence-corrected chi connectivity index (χ1v) is 8.31. The average Bonchev–Trinajstić information content (AvgIpc) is 3.32. The van der Waals surface area contributed by atoms with Crippen molar-refractivity contribution in [2.75, 3.05) is 7.05 Å². The second-order valence-corrected chi connectivity index (χ2v) is 6.27. The van der Waals surface area contributed by atoms with E-state index in [1.165, 1.54) is 56.2 Å². The van der Waals surface area contributed by atoms with Gasteiger partial charge < -0.3 is 10.2 Å². The summed E-state index contributed by atoms with van der Waals surface area (Å²) in [6.07, 6.45) is 4.06. The Morgan fingerprint density at radius 1 is 1.29 bits per heavy atom. The highest BCUT2D eigenvalue weighted by Crippen LogP contribution is 2.41. The number of hydrogen-bond donors (Lipinski definition) is 1. The van der Waals surface area contributed by atoms with E-state index < -0.39 is 23.9 Å². The van der Waals surface area contributed by atoms with Gasteiger partial charge in [-0.1, -0.05) is 0 Å². The number of benzene rings is 1. The van der Waals surface area contributed by atoms with Gasteiger partial charge in [0.25, 0.3) is 5.91 Å². The number of carbonyl (C=O) groups excluding carboxylic acids is 1. The summed E-state index contributed by atoms with van der Waals surface area (Å²) >= 11 is 0. The summed E-state index contributed by atoms with van der Waals surface area (Å²) in [4.78, 5) is 26.4. The van der Waals surface area contributed by atoms with Crippen LogP contribution in [0.25, 0.3) is 11.3 Å². The van der Waals surface area contributed by atoms with Crippen molar-refractivity contribution in [3.05, 3.63) is 71.8 Å². The molecular weight excluding hydrogens is 368 g/mol. The van der Waals surface area contributed by atoms with Crippen molar-refractivity contribution in [2.24, 2.45) is 10.7 Å². The number of rotatable bonds is 4. The number of carbonyl (C=O) groups is 1. The number of hydrogen-bond acceptors (Lipinski definition) is 6. The van der Waals surface area contributed by atoms with Gasteiger partial charge in [0.15, 0.2) is 23.7 Å². The van der Waals surface area contributed by atoms with E-state index in [0.29, 0.717) is 11.3 Å². The van der Waals surface area contributed by atoms with Crippen LogP contribution >= 0.6 is 0 Å². The topological polar surface area (TPSA) is 97.6 Å². The van der Waals surface area contributed by atoms with E-state index >= 15 is 0 Å². The van der Waals surface area contributed by atoms with Gasteiger partial charge in [-0.2, -0.15) is 0 Å². The number of alkyl halides is 1. The van der Waals surface area contributed by atoms with Crippen LogP contribution < -0.4 is 5.73 Å². The molecule has 0 fully saturated rings. The normalized spacial score (nSPS) is 19.2. The van der Waals surface area contributed by atoms with Gasteiger partial charge in [0.2, 0.25) is 0 Å². The molecule has 28 heavy (non-hydrogen) atoms. The molecule has 0 saturated carbocycles. The van der Waals surface area contributed by atoms with Crippen molar-refractivity contribution < 1.29 is 18.0 Å². The third-order valence-corrected chi connectivity index (χ3v) is 4.68. The molecule has 3 heterocycles. The maximum Gasteiger partial charge on any atom is 0.266 e. The number of pyridine rings is 1. The minimum Gasteiger partial charge on any atom is -0.444 e. The Balaban J connectivity index is 2.01. The van der Waals surface area contributed by atoms with Crippen LogP contribution in [0.3, 0.4) is 0 Å². The van der Waals surface area contributed by atoms with Gasteiger partial charge in [-0.05, 0) is 35.9 Å². The van der Waals surface area contributed by atoms with Gasteiger partial charge in [-0.15, -0.1) is 0 Å². The molecule has 2 N–H and O–H groups in total. The van der Waals surface area contributed by atoms with Crippen molar-refractivity contribution >= 4 is 11.9 Å².